The second-order valence-electron chi connectivity index (χ2n) is 4.79. The Morgan fingerprint density at radius 3 is 2.85 bits per heavy atom. The highest BCUT2D eigenvalue weighted by atomic mass is 16.5. The van der Waals surface area contributed by atoms with Crippen molar-refractivity contribution >= 4 is 5.91 Å². The van der Waals surface area contributed by atoms with E-state index in [-0.39, 0.29) is 18.0 Å². The van der Waals surface area contributed by atoms with E-state index in [9.17, 15) is 9.59 Å². The van der Waals surface area contributed by atoms with Gasteiger partial charge >= 0.3 is 0 Å². The van der Waals surface area contributed by atoms with Crippen LogP contribution in [0.2, 0.25) is 0 Å². The molecule has 1 amide bonds. The number of ether oxygens (including phenoxy) is 1. The highest BCUT2D eigenvalue weighted by molar-refractivity contribution is 5.75. The molecule has 112 valence electrons. The number of aryl methyl sites for hydroxylation is 1. The SMILES string of the molecule is CCCCOCCCNC(=O)Cn1cccc(C)c1=O. The minimum absolute atomic E-state index is 0.0667. The van der Waals surface area contributed by atoms with Crippen molar-refractivity contribution in [2.75, 3.05) is 19.8 Å². The van der Waals surface area contributed by atoms with E-state index in [1.807, 2.05) is 0 Å². The first-order chi connectivity index (χ1) is 9.65. The van der Waals surface area contributed by atoms with E-state index in [1.165, 1.54) is 4.57 Å². The molecule has 5 heteroatoms. The summed E-state index contributed by atoms with van der Waals surface area (Å²) in [5.74, 6) is -0.147. The number of carbonyl (C=O) groups excluding carboxylic acids is 1. The Bertz CT molecular complexity index is 468. The monoisotopic (exact) mass is 280 g/mol. The minimum Gasteiger partial charge on any atom is -0.381 e. The molecule has 1 aromatic heterocycles. The van der Waals surface area contributed by atoms with Crippen LogP contribution in [0.1, 0.15) is 31.7 Å². The van der Waals surface area contributed by atoms with Gasteiger partial charge in [0.25, 0.3) is 5.56 Å². The maximum Gasteiger partial charge on any atom is 0.253 e. The molecule has 0 aromatic carbocycles. The summed E-state index contributed by atoms with van der Waals surface area (Å²) in [5, 5.41) is 2.79. The lowest BCUT2D eigenvalue weighted by atomic mass is 10.3. The highest BCUT2D eigenvalue weighted by Crippen LogP contribution is 1.91. The van der Waals surface area contributed by atoms with Crippen molar-refractivity contribution in [1.82, 2.24) is 9.88 Å². The van der Waals surface area contributed by atoms with Gasteiger partial charge in [0.05, 0.1) is 0 Å². The number of unbranched alkanes of at least 4 members (excludes halogenated alkanes) is 1. The molecule has 0 saturated carbocycles. The topological polar surface area (TPSA) is 60.3 Å². The maximum absolute atomic E-state index is 11.7. The Labute approximate surface area is 119 Å². The average Bonchev–Trinajstić information content (AvgIpc) is 2.43. The Morgan fingerprint density at radius 2 is 2.10 bits per heavy atom. The van der Waals surface area contributed by atoms with Gasteiger partial charge in [-0.2, -0.15) is 0 Å². The fourth-order valence-electron chi connectivity index (χ4n) is 1.74. The van der Waals surface area contributed by atoms with Crippen LogP contribution >= 0.6 is 0 Å². The van der Waals surface area contributed by atoms with E-state index in [2.05, 4.69) is 12.2 Å². The second kappa shape index (κ2) is 9.31. The van der Waals surface area contributed by atoms with E-state index in [0.29, 0.717) is 18.7 Å². The van der Waals surface area contributed by atoms with Crippen molar-refractivity contribution in [2.24, 2.45) is 0 Å². The van der Waals surface area contributed by atoms with E-state index in [4.69, 9.17) is 4.74 Å². The largest absolute Gasteiger partial charge is 0.381 e. The molecule has 0 radical (unpaired) electrons. The number of hydrogen-bond acceptors (Lipinski definition) is 3. The first-order valence-corrected chi connectivity index (χ1v) is 7.15. The second-order valence-corrected chi connectivity index (χ2v) is 4.79. The van der Waals surface area contributed by atoms with Crippen molar-refractivity contribution < 1.29 is 9.53 Å². The molecule has 0 aliphatic heterocycles. The maximum atomic E-state index is 11.7. The number of aromatic nitrogens is 1. The zero-order valence-corrected chi connectivity index (χ0v) is 12.4. The van der Waals surface area contributed by atoms with Gasteiger partial charge in [-0.3, -0.25) is 9.59 Å². The van der Waals surface area contributed by atoms with Crippen molar-refractivity contribution in [1.29, 1.82) is 0 Å². The molecule has 20 heavy (non-hydrogen) atoms. The minimum atomic E-state index is -0.147. The third-order valence-electron chi connectivity index (χ3n) is 2.95. The molecule has 0 atom stereocenters. The van der Waals surface area contributed by atoms with Gasteiger partial charge in [0.1, 0.15) is 6.54 Å². The van der Waals surface area contributed by atoms with Gasteiger partial charge in [-0.15, -0.1) is 0 Å². The molecule has 0 bridgehead atoms. The molecule has 5 nitrogen and oxygen atoms in total. The number of nitrogens with zero attached hydrogens (tertiary/aromatic N) is 1. The summed E-state index contributed by atoms with van der Waals surface area (Å²) >= 11 is 0. The van der Waals surface area contributed by atoms with Gasteiger partial charge in [0.15, 0.2) is 0 Å². The number of amides is 1. The highest BCUT2D eigenvalue weighted by Gasteiger charge is 2.04. The average molecular weight is 280 g/mol. The summed E-state index contributed by atoms with van der Waals surface area (Å²) < 4.78 is 6.82. The summed E-state index contributed by atoms with van der Waals surface area (Å²) in [6.45, 7) is 5.94. The van der Waals surface area contributed by atoms with Gasteiger partial charge in [-0.1, -0.05) is 19.4 Å². The van der Waals surface area contributed by atoms with Gasteiger partial charge in [0, 0.05) is 31.5 Å². The Balaban J connectivity index is 2.21. The van der Waals surface area contributed by atoms with Gasteiger partial charge in [-0.05, 0) is 25.8 Å². The summed E-state index contributed by atoms with van der Waals surface area (Å²) in [4.78, 5) is 23.4. The number of nitrogens with one attached hydrogen (secondary N) is 1. The predicted molar refractivity (Wildman–Crippen MR) is 78.8 cm³/mol. The number of rotatable bonds is 9. The molecular formula is C15H24N2O3. The molecule has 0 saturated heterocycles. The van der Waals surface area contributed by atoms with Crippen LogP contribution < -0.4 is 10.9 Å². The lowest BCUT2D eigenvalue weighted by molar-refractivity contribution is -0.121. The summed E-state index contributed by atoms with van der Waals surface area (Å²) in [6, 6.07) is 3.51. The first-order valence-electron chi connectivity index (χ1n) is 7.15. The molecular weight excluding hydrogens is 256 g/mol. The molecule has 0 spiro atoms. The number of pyridine rings is 1. The van der Waals surface area contributed by atoms with Crippen LogP contribution in [-0.4, -0.2) is 30.2 Å². The van der Waals surface area contributed by atoms with E-state index in [1.54, 1.807) is 25.3 Å². The molecule has 0 fully saturated rings. The van der Waals surface area contributed by atoms with Crippen LogP contribution in [0.25, 0.3) is 0 Å². The van der Waals surface area contributed by atoms with Crippen LogP contribution in [-0.2, 0) is 16.1 Å². The smallest absolute Gasteiger partial charge is 0.253 e. The quantitative estimate of drug-likeness (QED) is 0.697. The Morgan fingerprint density at radius 1 is 1.35 bits per heavy atom. The molecule has 0 unspecified atom stereocenters. The standard InChI is InChI=1S/C15H24N2O3/c1-3-4-10-20-11-6-8-16-14(18)12-17-9-5-7-13(2)15(17)19/h5,7,9H,3-4,6,8,10-12H2,1-2H3,(H,16,18). The Kier molecular flexibility index (Phi) is 7.65. The van der Waals surface area contributed by atoms with Gasteiger partial charge in [0.2, 0.25) is 5.91 Å². The van der Waals surface area contributed by atoms with Crippen LogP contribution in [0.4, 0.5) is 0 Å². The fourth-order valence-corrected chi connectivity index (χ4v) is 1.74. The van der Waals surface area contributed by atoms with Crippen LogP contribution in [0, 0.1) is 6.92 Å². The normalized spacial score (nSPS) is 10.5. The lowest BCUT2D eigenvalue weighted by Gasteiger charge is -2.08. The van der Waals surface area contributed by atoms with Crippen molar-refractivity contribution in [3.63, 3.8) is 0 Å². The van der Waals surface area contributed by atoms with Gasteiger partial charge < -0.3 is 14.6 Å². The Hall–Kier alpha value is -1.62. The van der Waals surface area contributed by atoms with Gasteiger partial charge in [-0.25, -0.2) is 0 Å². The van der Waals surface area contributed by atoms with Crippen LogP contribution in [0.3, 0.4) is 0 Å². The molecule has 1 rings (SSSR count). The molecule has 1 N–H and O–H groups in total. The van der Waals surface area contributed by atoms with E-state index >= 15 is 0 Å². The van der Waals surface area contributed by atoms with E-state index in [0.717, 1.165) is 25.9 Å². The zero-order valence-electron chi connectivity index (χ0n) is 12.4. The van der Waals surface area contributed by atoms with E-state index < -0.39 is 0 Å². The van der Waals surface area contributed by atoms with Crippen LogP contribution in [0.5, 0.6) is 0 Å². The number of carbonyl (C=O) groups is 1. The first kappa shape index (κ1) is 16.4. The zero-order chi connectivity index (χ0) is 14.8. The van der Waals surface area contributed by atoms with Crippen molar-refractivity contribution in [3.05, 3.63) is 34.2 Å². The molecule has 0 aliphatic carbocycles. The summed E-state index contributed by atoms with van der Waals surface area (Å²) in [7, 11) is 0. The third-order valence-corrected chi connectivity index (χ3v) is 2.95. The molecule has 1 aromatic rings. The van der Waals surface area contributed by atoms with Crippen LogP contribution in [0.15, 0.2) is 23.1 Å². The van der Waals surface area contributed by atoms with Crippen molar-refractivity contribution in [2.45, 2.75) is 39.7 Å². The summed E-state index contributed by atoms with van der Waals surface area (Å²) in [5.41, 5.74) is 0.523. The summed E-state index contributed by atoms with van der Waals surface area (Å²) in [6.07, 6.45) is 4.62. The van der Waals surface area contributed by atoms with Crippen molar-refractivity contribution in [3.8, 4) is 0 Å². The molecule has 0 aliphatic rings. The lowest BCUT2D eigenvalue weighted by Crippen LogP contribution is -2.33. The number of hydrogen-bond donors (Lipinski definition) is 1. The fraction of sp³-hybridized carbons (Fsp3) is 0.600. The predicted octanol–water partition coefficient (Wildman–Crippen LogP) is 1.48. The molecule has 1 heterocycles. The third kappa shape index (κ3) is 6.02.